The first-order chi connectivity index (χ1) is 7.15. The second kappa shape index (κ2) is 5.47. The topological polar surface area (TPSA) is 52.9 Å². The molecule has 0 radical (unpaired) electrons. The molecule has 1 aromatic rings. The summed E-state index contributed by atoms with van der Waals surface area (Å²) < 4.78 is 13.4. The van der Waals surface area contributed by atoms with Gasteiger partial charge in [-0.1, -0.05) is 0 Å². The zero-order valence-corrected chi connectivity index (χ0v) is 9.34. The third-order valence-corrected chi connectivity index (χ3v) is 2.39. The number of halogens is 2. The number of nitrogens with zero attached hydrogens (tertiary/aromatic N) is 1. The third kappa shape index (κ3) is 3.33. The summed E-state index contributed by atoms with van der Waals surface area (Å²) >= 11 is 3.15. The largest absolute Gasteiger partial charge is 0.351 e. The van der Waals surface area contributed by atoms with Gasteiger partial charge in [-0.15, -0.1) is 0 Å². The number of nitrogens with one attached hydrogen (secondary N) is 1. The van der Waals surface area contributed by atoms with Crippen molar-refractivity contribution in [1.29, 1.82) is 5.26 Å². The molecular weight excluding hydrogens is 263 g/mol. The van der Waals surface area contributed by atoms with Crippen molar-refractivity contribution in [2.75, 3.05) is 6.54 Å². The number of hydrogen-bond donors (Lipinski definition) is 1. The van der Waals surface area contributed by atoms with Gasteiger partial charge in [0.2, 0.25) is 0 Å². The molecule has 0 atom stereocenters. The van der Waals surface area contributed by atoms with Crippen LogP contribution in [0.4, 0.5) is 4.39 Å². The van der Waals surface area contributed by atoms with Crippen molar-refractivity contribution in [3.8, 4) is 6.07 Å². The van der Waals surface area contributed by atoms with E-state index in [4.69, 9.17) is 5.26 Å². The van der Waals surface area contributed by atoms with Gasteiger partial charge in [0, 0.05) is 11.0 Å². The quantitative estimate of drug-likeness (QED) is 0.857. The van der Waals surface area contributed by atoms with Gasteiger partial charge in [-0.05, 0) is 34.1 Å². The summed E-state index contributed by atoms with van der Waals surface area (Å²) in [7, 11) is 0. The van der Waals surface area contributed by atoms with E-state index < -0.39 is 11.7 Å². The number of rotatable bonds is 3. The molecule has 15 heavy (non-hydrogen) atoms. The first kappa shape index (κ1) is 11.7. The molecule has 0 aliphatic heterocycles. The molecule has 0 spiro atoms. The maximum absolute atomic E-state index is 12.8. The van der Waals surface area contributed by atoms with Gasteiger partial charge in [0.1, 0.15) is 5.82 Å². The second-order valence-electron chi connectivity index (χ2n) is 2.79. The van der Waals surface area contributed by atoms with Gasteiger partial charge < -0.3 is 5.32 Å². The van der Waals surface area contributed by atoms with Gasteiger partial charge in [0.25, 0.3) is 5.91 Å². The molecule has 0 aliphatic rings. The Morgan fingerprint density at radius 3 is 3.00 bits per heavy atom. The number of hydrogen-bond acceptors (Lipinski definition) is 2. The van der Waals surface area contributed by atoms with Crippen molar-refractivity contribution < 1.29 is 9.18 Å². The predicted octanol–water partition coefficient (Wildman–Crippen LogP) is 2.23. The van der Waals surface area contributed by atoms with Crippen molar-refractivity contribution in [2.45, 2.75) is 6.42 Å². The lowest BCUT2D eigenvalue weighted by atomic mass is 10.2. The first-order valence-corrected chi connectivity index (χ1v) is 5.04. The van der Waals surface area contributed by atoms with Crippen molar-refractivity contribution in [3.63, 3.8) is 0 Å². The maximum atomic E-state index is 12.8. The molecule has 1 amide bonds. The van der Waals surface area contributed by atoms with Gasteiger partial charge in [0.15, 0.2) is 0 Å². The summed E-state index contributed by atoms with van der Waals surface area (Å²) in [5.41, 5.74) is 0.230. The number of amides is 1. The standard InChI is InChI=1S/C10H8BrFN2O/c11-9-3-2-7(12)6-8(9)10(15)14-5-1-4-13/h2-3,6H,1,5H2,(H,14,15). The van der Waals surface area contributed by atoms with Crippen LogP contribution in [0.1, 0.15) is 16.8 Å². The van der Waals surface area contributed by atoms with E-state index in [2.05, 4.69) is 21.2 Å². The Kier molecular flexibility index (Phi) is 4.25. The van der Waals surface area contributed by atoms with Crippen LogP contribution < -0.4 is 5.32 Å². The molecule has 3 nitrogen and oxygen atoms in total. The van der Waals surface area contributed by atoms with E-state index in [0.29, 0.717) is 4.47 Å². The van der Waals surface area contributed by atoms with Crippen LogP contribution in [0.15, 0.2) is 22.7 Å². The van der Waals surface area contributed by atoms with Crippen LogP contribution in [-0.2, 0) is 0 Å². The van der Waals surface area contributed by atoms with Crippen molar-refractivity contribution in [2.24, 2.45) is 0 Å². The van der Waals surface area contributed by atoms with Crippen LogP contribution in [0.25, 0.3) is 0 Å². The first-order valence-electron chi connectivity index (χ1n) is 4.25. The Hall–Kier alpha value is -1.41. The summed E-state index contributed by atoms with van der Waals surface area (Å²) in [5, 5.41) is 10.8. The highest BCUT2D eigenvalue weighted by molar-refractivity contribution is 9.10. The predicted molar refractivity (Wildman–Crippen MR) is 56.7 cm³/mol. The monoisotopic (exact) mass is 270 g/mol. The fraction of sp³-hybridized carbons (Fsp3) is 0.200. The molecule has 0 bridgehead atoms. The summed E-state index contributed by atoms with van der Waals surface area (Å²) in [4.78, 5) is 11.5. The van der Waals surface area contributed by atoms with Gasteiger partial charge >= 0.3 is 0 Å². The zero-order chi connectivity index (χ0) is 11.3. The lowest BCUT2D eigenvalue weighted by molar-refractivity contribution is 0.0953. The van der Waals surface area contributed by atoms with Crippen molar-refractivity contribution in [3.05, 3.63) is 34.1 Å². The Bertz CT molecular complexity index is 414. The van der Waals surface area contributed by atoms with Crippen LogP contribution in [0.3, 0.4) is 0 Å². The van der Waals surface area contributed by atoms with E-state index in [-0.39, 0.29) is 18.5 Å². The molecule has 1 N–H and O–H groups in total. The van der Waals surface area contributed by atoms with Gasteiger partial charge in [-0.2, -0.15) is 5.26 Å². The summed E-state index contributed by atoms with van der Waals surface area (Å²) in [6, 6.07) is 5.77. The van der Waals surface area contributed by atoms with Crippen LogP contribution >= 0.6 is 15.9 Å². The Morgan fingerprint density at radius 2 is 2.33 bits per heavy atom. The highest BCUT2D eigenvalue weighted by atomic mass is 79.9. The summed E-state index contributed by atoms with van der Waals surface area (Å²) in [6.45, 7) is 0.262. The number of carbonyl (C=O) groups is 1. The normalized spacial score (nSPS) is 9.40. The number of carbonyl (C=O) groups excluding carboxylic acids is 1. The van der Waals surface area contributed by atoms with Crippen LogP contribution in [-0.4, -0.2) is 12.5 Å². The number of benzene rings is 1. The zero-order valence-electron chi connectivity index (χ0n) is 7.76. The van der Waals surface area contributed by atoms with E-state index in [9.17, 15) is 9.18 Å². The Morgan fingerprint density at radius 1 is 1.60 bits per heavy atom. The molecule has 5 heteroatoms. The fourth-order valence-corrected chi connectivity index (χ4v) is 1.43. The molecule has 1 aromatic carbocycles. The third-order valence-electron chi connectivity index (χ3n) is 1.70. The minimum Gasteiger partial charge on any atom is -0.351 e. The van der Waals surface area contributed by atoms with Crippen molar-refractivity contribution >= 4 is 21.8 Å². The van der Waals surface area contributed by atoms with Gasteiger partial charge in [0.05, 0.1) is 18.1 Å². The van der Waals surface area contributed by atoms with Crippen molar-refractivity contribution in [1.82, 2.24) is 5.32 Å². The van der Waals surface area contributed by atoms with Crippen LogP contribution in [0, 0.1) is 17.1 Å². The molecule has 0 saturated carbocycles. The van der Waals surface area contributed by atoms with E-state index in [0.717, 1.165) is 6.07 Å². The molecule has 1 rings (SSSR count). The van der Waals surface area contributed by atoms with Crippen LogP contribution in [0.5, 0.6) is 0 Å². The summed E-state index contributed by atoms with van der Waals surface area (Å²) in [6.07, 6.45) is 0.235. The molecule has 0 aromatic heterocycles. The Balaban J connectivity index is 2.73. The average Bonchev–Trinajstić information content (AvgIpc) is 2.22. The smallest absolute Gasteiger partial charge is 0.252 e. The van der Waals surface area contributed by atoms with Crippen LogP contribution in [0.2, 0.25) is 0 Å². The lowest BCUT2D eigenvalue weighted by Gasteiger charge is -2.04. The number of nitriles is 1. The van der Waals surface area contributed by atoms with Gasteiger partial charge in [-0.25, -0.2) is 4.39 Å². The SMILES string of the molecule is N#CCCNC(=O)c1cc(F)ccc1Br. The highest BCUT2D eigenvalue weighted by Crippen LogP contribution is 2.17. The molecule has 0 unspecified atom stereocenters. The average molecular weight is 271 g/mol. The molecule has 78 valence electrons. The summed E-state index contributed by atoms with van der Waals surface area (Å²) in [5.74, 6) is -0.861. The molecule has 0 fully saturated rings. The van der Waals surface area contributed by atoms with E-state index in [1.54, 1.807) is 0 Å². The van der Waals surface area contributed by atoms with E-state index >= 15 is 0 Å². The fourth-order valence-electron chi connectivity index (χ4n) is 0.999. The van der Waals surface area contributed by atoms with Gasteiger partial charge in [-0.3, -0.25) is 4.79 Å². The second-order valence-corrected chi connectivity index (χ2v) is 3.64. The van der Waals surface area contributed by atoms with E-state index in [1.807, 2.05) is 6.07 Å². The molecule has 0 saturated heterocycles. The lowest BCUT2D eigenvalue weighted by Crippen LogP contribution is -2.24. The Labute approximate surface area is 95.0 Å². The van der Waals surface area contributed by atoms with E-state index in [1.165, 1.54) is 12.1 Å². The minimum atomic E-state index is -0.469. The molecule has 0 heterocycles. The molecular formula is C10H8BrFN2O. The molecule has 0 aliphatic carbocycles. The minimum absolute atomic E-state index is 0.230. The maximum Gasteiger partial charge on any atom is 0.252 e. The highest BCUT2D eigenvalue weighted by Gasteiger charge is 2.09.